The van der Waals surface area contributed by atoms with Crippen molar-refractivity contribution in [2.75, 3.05) is 7.05 Å². The second-order valence-electron chi connectivity index (χ2n) is 7.57. The van der Waals surface area contributed by atoms with Gasteiger partial charge in [-0.1, -0.05) is 0 Å². The highest BCUT2D eigenvalue weighted by Crippen LogP contribution is 2.39. The number of hydrogen-bond acceptors (Lipinski definition) is 2. The van der Waals surface area contributed by atoms with Crippen LogP contribution in [-0.2, 0) is 0 Å². The summed E-state index contributed by atoms with van der Waals surface area (Å²) in [6.45, 7) is 4.24. The molecule has 1 saturated carbocycles. The van der Waals surface area contributed by atoms with Gasteiger partial charge < -0.3 is 14.8 Å². The molecule has 120 valence electrons. The van der Waals surface area contributed by atoms with Gasteiger partial charge in [0.2, 0.25) is 0 Å². The normalized spacial score (nSPS) is 30.6. The number of piperidine rings is 1. The number of nitrogens with zero attached hydrogens (tertiary/aromatic N) is 2. The quantitative estimate of drug-likeness (QED) is 0.932. The molecule has 3 heterocycles. The molecule has 2 bridgehead atoms. The van der Waals surface area contributed by atoms with E-state index in [-0.39, 0.29) is 5.91 Å². The molecule has 4 heteroatoms. The fourth-order valence-corrected chi connectivity index (χ4v) is 4.59. The summed E-state index contributed by atoms with van der Waals surface area (Å²) in [6.07, 6.45) is 7.30. The number of aromatic nitrogens is 1. The number of aryl methyl sites for hydroxylation is 1. The van der Waals surface area contributed by atoms with E-state index in [1.54, 1.807) is 0 Å². The molecule has 2 aliphatic heterocycles. The fraction of sp³-hybridized carbons (Fsp3) is 0.722. The van der Waals surface area contributed by atoms with Gasteiger partial charge in [0.1, 0.15) is 0 Å². The van der Waals surface area contributed by atoms with E-state index in [2.05, 4.69) is 29.8 Å². The third-order valence-corrected chi connectivity index (χ3v) is 5.94. The minimum Gasteiger partial charge on any atom is -0.345 e. The van der Waals surface area contributed by atoms with E-state index >= 15 is 0 Å². The van der Waals surface area contributed by atoms with Crippen LogP contribution in [0.1, 0.15) is 66.3 Å². The van der Waals surface area contributed by atoms with E-state index in [1.165, 1.54) is 31.4 Å². The molecule has 4 nitrogen and oxygen atoms in total. The van der Waals surface area contributed by atoms with E-state index in [9.17, 15) is 4.79 Å². The highest BCUT2D eigenvalue weighted by Gasteiger charge is 2.37. The number of hydrogen-bond donors (Lipinski definition) is 1. The van der Waals surface area contributed by atoms with Gasteiger partial charge in [0.05, 0.1) is 5.56 Å². The Morgan fingerprint density at radius 1 is 1.18 bits per heavy atom. The maximum absolute atomic E-state index is 13.0. The smallest absolute Gasteiger partial charge is 0.255 e. The Kier molecular flexibility index (Phi) is 3.33. The molecule has 22 heavy (non-hydrogen) atoms. The summed E-state index contributed by atoms with van der Waals surface area (Å²) < 4.78 is 2.37. The van der Waals surface area contributed by atoms with E-state index in [4.69, 9.17) is 0 Å². The molecule has 3 aliphatic rings. The first-order chi connectivity index (χ1) is 10.5. The lowest BCUT2D eigenvalue weighted by Crippen LogP contribution is -2.48. The summed E-state index contributed by atoms with van der Waals surface area (Å²) in [6, 6.07) is 4.38. The number of fused-ring (bicyclic) bond motifs is 2. The minimum absolute atomic E-state index is 0.214. The summed E-state index contributed by atoms with van der Waals surface area (Å²) >= 11 is 0. The van der Waals surface area contributed by atoms with Gasteiger partial charge >= 0.3 is 0 Å². The standard InChI is InChI=1S/C18H27N3O/c1-11-8-17(12(2)21(11)15-6-7-15)18(22)20(3)16-9-13-4-5-14(10-16)19-13/h8,13-16,19H,4-7,9-10H2,1-3H3. The van der Waals surface area contributed by atoms with Crippen LogP contribution in [-0.4, -0.2) is 40.5 Å². The second kappa shape index (κ2) is 5.12. The van der Waals surface area contributed by atoms with Crippen molar-refractivity contribution in [1.29, 1.82) is 0 Å². The van der Waals surface area contributed by atoms with Crippen LogP contribution in [0.4, 0.5) is 0 Å². The molecule has 2 saturated heterocycles. The van der Waals surface area contributed by atoms with Crippen molar-refractivity contribution in [1.82, 2.24) is 14.8 Å². The van der Waals surface area contributed by atoms with Crippen molar-refractivity contribution in [2.45, 2.75) is 76.5 Å². The van der Waals surface area contributed by atoms with Gasteiger partial charge in [-0.15, -0.1) is 0 Å². The van der Waals surface area contributed by atoms with Crippen molar-refractivity contribution in [3.8, 4) is 0 Å². The van der Waals surface area contributed by atoms with Crippen LogP contribution < -0.4 is 5.32 Å². The zero-order valence-corrected chi connectivity index (χ0v) is 13.9. The Labute approximate surface area is 132 Å². The fourth-order valence-electron chi connectivity index (χ4n) is 4.59. The van der Waals surface area contributed by atoms with E-state index in [0.717, 1.165) is 24.1 Å². The molecule has 1 aromatic rings. The van der Waals surface area contributed by atoms with Crippen LogP contribution in [0.5, 0.6) is 0 Å². The lowest BCUT2D eigenvalue weighted by molar-refractivity contribution is 0.0681. The molecule has 1 amide bonds. The molecule has 1 aromatic heterocycles. The monoisotopic (exact) mass is 301 g/mol. The van der Waals surface area contributed by atoms with Gasteiger partial charge in [-0.2, -0.15) is 0 Å². The number of carbonyl (C=O) groups is 1. The average Bonchev–Trinajstić information content (AvgIpc) is 3.22. The van der Waals surface area contributed by atoms with Crippen LogP contribution >= 0.6 is 0 Å². The summed E-state index contributed by atoms with van der Waals surface area (Å²) in [7, 11) is 2.00. The van der Waals surface area contributed by atoms with Crippen molar-refractivity contribution >= 4 is 5.91 Å². The van der Waals surface area contributed by atoms with Crippen molar-refractivity contribution < 1.29 is 4.79 Å². The Morgan fingerprint density at radius 3 is 2.41 bits per heavy atom. The topological polar surface area (TPSA) is 37.3 Å². The summed E-state index contributed by atoms with van der Waals surface area (Å²) in [5, 5.41) is 3.66. The molecule has 2 atom stereocenters. The number of nitrogens with one attached hydrogen (secondary N) is 1. The van der Waals surface area contributed by atoms with E-state index in [1.807, 2.05) is 11.9 Å². The maximum atomic E-state index is 13.0. The Morgan fingerprint density at radius 2 is 1.82 bits per heavy atom. The van der Waals surface area contributed by atoms with Crippen molar-refractivity contribution in [3.63, 3.8) is 0 Å². The molecule has 0 spiro atoms. The van der Waals surface area contributed by atoms with Gasteiger partial charge in [-0.05, 0) is 58.4 Å². The Balaban J connectivity index is 1.55. The molecule has 1 N–H and O–H groups in total. The van der Waals surface area contributed by atoms with Crippen LogP contribution in [0.25, 0.3) is 0 Å². The highest BCUT2D eigenvalue weighted by atomic mass is 16.2. The number of carbonyl (C=O) groups excluding carboxylic acids is 1. The van der Waals surface area contributed by atoms with Crippen LogP contribution in [0.3, 0.4) is 0 Å². The van der Waals surface area contributed by atoms with Gasteiger partial charge in [0.25, 0.3) is 5.91 Å². The van der Waals surface area contributed by atoms with E-state index < -0.39 is 0 Å². The highest BCUT2D eigenvalue weighted by molar-refractivity contribution is 5.95. The Bertz CT molecular complexity index is 590. The zero-order chi connectivity index (χ0) is 15.4. The summed E-state index contributed by atoms with van der Waals surface area (Å²) in [4.78, 5) is 15.0. The third-order valence-electron chi connectivity index (χ3n) is 5.94. The molecule has 0 aromatic carbocycles. The molecule has 1 aliphatic carbocycles. The van der Waals surface area contributed by atoms with Crippen molar-refractivity contribution in [3.05, 3.63) is 23.0 Å². The Hall–Kier alpha value is -1.29. The number of rotatable bonds is 3. The summed E-state index contributed by atoms with van der Waals surface area (Å²) in [5.74, 6) is 0.214. The minimum atomic E-state index is 0.214. The van der Waals surface area contributed by atoms with Gasteiger partial charge in [-0.3, -0.25) is 4.79 Å². The molecule has 0 radical (unpaired) electrons. The SMILES string of the molecule is Cc1cc(C(=O)N(C)C2CC3CCC(C2)N3)c(C)n1C1CC1. The molecular weight excluding hydrogens is 274 g/mol. The first-order valence-corrected chi connectivity index (χ1v) is 8.76. The van der Waals surface area contributed by atoms with E-state index in [0.29, 0.717) is 24.2 Å². The third kappa shape index (κ3) is 2.28. The second-order valence-corrected chi connectivity index (χ2v) is 7.57. The average molecular weight is 301 g/mol. The number of amides is 1. The first-order valence-electron chi connectivity index (χ1n) is 8.76. The predicted molar refractivity (Wildman–Crippen MR) is 87.2 cm³/mol. The first kappa shape index (κ1) is 14.3. The van der Waals surface area contributed by atoms with Crippen LogP contribution in [0.15, 0.2) is 6.07 Å². The lowest BCUT2D eigenvalue weighted by atomic mass is 9.98. The van der Waals surface area contributed by atoms with Gasteiger partial charge in [-0.25, -0.2) is 0 Å². The maximum Gasteiger partial charge on any atom is 0.255 e. The molecular formula is C18H27N3O. The zero-order valence-electron chi connectivity index (χ0n) is 13.9. The van der Waals surface area contributed by atoms with Gasteiger partial charge in [0, 0.05) is 42.6 Å². The predicted octanol–water partition coefficient (Wildman–Crippen LogP) is 2.79. The van der Waals surface area contributed by atoms with Crippen LogP contribution in [0, 0.1) is 13.8 Å². The molecule has 2 unspecified atom stereocenters. The van der Waals surface area contributed by atoms with Gasteiger partial charge in [0.15, 0.2) is 0 Å². The summed E-state index contributed by atoms with van der Waals surface area (Å²) in [5.41, 5.74) is 3.31. The lowest BCUT2D eigenvalue weighted by Gasteiger charge is -2.35. The largest absolute Gasteiger partial charge is 0.345 e. The molecule has 4 rings (SSSR count). The van der Waals surface area contributed by atoms with Crippen LogP contribution in [0.2, 0.25) is 0 Å². The molecule has 3 fully saturated rings. The van der Waals surface area contributed by atoms with Crippen molar-refractivity contribution in [2.24, 2.45) is 0 Å².